The Morgan fingerprint density at radius 1 is 1.12 bits per heavy atom. The number of amides is 2. The first-order chi connectivity index (χ1) is 15.6. The van der Waals surface area contributed by atoms with Crippen LogP contribution in [0.2, 0.25) is 0 Å². The predicted octanol–water partition coefficient (Wildman–Crippen LogP) is 4.24. The van der Waals surface area contributed by atoms with E-state index in [0.717, 1.165) is 5.56 Å². The molecule has 1 aliphatic heterocycles. The highest BCUT2D eigenvalue weighted by atomic mass is 31.2. The number of anilines is 2. The van der Waals surface area contributed by atoms with Gasteiger partial charge in [-0.15, -0.1) is 0 Å². The van der Waals surface area contributed by atoms with E-state index in [1.165, 1.54) is 12.0 Å². The Labute approximate surface area is 193 Å². The van der Waals surface area contributed by atoms with Crippen molar-refractivity contribution in [3.63, 3.8) is 0 Å². The number of carbonyl (C=O) groups excluding carboxylic acids is 2. The summed E-state index contributed by atoms with van der Waals surface area (Å²) in [6.45, 7) is 5.03. The van der Waals surface area contributed by atoms with E-state index in [2.05, 4.69) is 5.09 Å². The molecule has 0 bridgehead atoms. The molecule has 0 radical (unpaired) electrons. The van der Waals surface area contributed by atoms with Gasteiger partial charge >= 0.3 is 12.0 Å². The fourth-order valence-corrected chi connectivity index (χ4v) is 5.62. The molecule has 3 N–H and O–H groups in total. The van der Waals surface area contributed by atoms with Crippen LogP contribution in [0.25, 0.3) is 0 Å². The molecule has 2 aromatic rings. The summed E-state index contributed by atoms with van der Waals surface area (Å²) in [5.74, 6) is -0.545. The van der Waals surface area contributed by atoms with Crippen LogP contribution in [0.15, 0.2) is 48.5 Å². The van der Waals surface area contributed by atoms with Crippen molar-refractivity contribution in [3.05, 3.63) is 59.7 Å². The summed E-state index contributed by atoms with van der Waals surface area (Å²) in [6.07, 6.45) is -0.938. The van der Waals surface area contributed by atoms with E-state index >= 15 is 0 Å². The third kappa shape index (κ3) is 5.81. The number of urea groups is 1. The fraction of sp³-hybridized carbons (Fsp3) is 0.391. The molecule has 1 aliphatic rings. The number of primary amides is 1. The number of nitrogens with zero attached hydrogens (tertiary/aromatic N) is 1. The highest BCUT2D eigenvalue weighted by Crippen LogP contribution is 2.51. The zero-order valence-corrected chi connectivity index (χ0v) is 20.1. The van der Waals surface area contributed by atoms with Crippen LogP contribution < -0.4 is 15.7 Å². The SMILES string of the molecule is COCP(=O)(N[C@@H](C)C(=O)OC(C)C)OC1Cc2ccccc2N(C(N)=O)c2ccccc21. The van der Waals surface area contributed by atoms with Gasteiger partial charge in [0.25, 0.3) is 7.52 Å². The normalized spacial score (nSPS) is 18.0. The van der Waals surface area contributed by atoms with Crippen LogP contribution in [-0.4, -0.2) is 37.6 Å². The minimum atomic E-state index is -3.68. The Morgan fingerprint density at radius 2 is 1.76 bits per heavy atom. The summed E-state index contributed by atoms with van der Waals surface area (Å²) in [4.78, 5) is 26.1. The van der Waals surface area contributed by atoms with Gasteiger partial charge in [0.05, 0.1) is 23.6 Å². The Hall–Kier alpha value is -2.71. The number of para-hydroxylation sites is 2. The summed E-state index contributed by atoms with van der Waals surface area (Å²) in [6, 6.07) is 13.0. The third-order valence-corrected chi connectivity index (χ3v) is 7.05. The second-order valence-electron chi connectivity index (χ2n) is 8.09. The quantitative estimate of drug-likeness (QED) is 0.433. The van der Waals surface area contributed by atoms with Gasteiger partial charge in [-0.05, 0) is 38.5 Å². The minimum Gasteiger partial charge on any atom is -0.462 e. The first kappa shape index (κ1) is 24.9. The number of hydrogen-bond donors (Lipinski definition) is 2. The van der Waals surface area contributed by atoms with E-state index in [-0.39, 0.29) is 12.5 Å². The maximum Gasteiger partial charge on any atom is 0.323 e. The van der Waals surface area contributed by atoms with Crippen molar-refractivity contribution in [2.45, 2.75) is 45.4 Å². The van der Waals surface area contributed by atoms with Gasteiger partial charge in [0.15, 0.2) is 0 Å². The minimum absolute atomic E-state index is 0.258. The molecule has 0 saturated carbocycles. The molecular formula is C23H30N3O6P. The molecule has 9 nitrogen and oxygen atoms in total. The van der Waals surface area contributed by atoms with E-state index in [1.54, 1.807) is 45.0 Å². The summed E-state index contributed by atoms with van der Waals surface area (Å²) >= 11 is 0. The average molecular weight is 475 g/mol. The zero-order valence-electron chi connectivity index (χ0n) is 19.2. The van der Waals surface area contributed by atoms with Crippen molar-refractivity contribution in [1.82, 2.24) is 5.09 Å². The summed E-state index contributed by atoms with van der Waals surface area (Å²) in [7, 11) is -2.28. The van der Waals surface area contributed by atoms with Crippen LogP contribution in [0, 0.1) is 0 Å². The Morgan fingerprint density at radius 3 is 2.39 bits per heavy atom. The van der Waals surface area contributed by atoms with Crippen LogP contribution in [-0.2, 0) is 29.8 Å². The van der Waals surface area contributed by atoms with Crippen LogP contribution >= 0.6 is 7.52 Å². The molecule has 10 heteroatoms. The molecule has 33 heavy (non-hydrogen) atoms. The number of carbonyl (C=O) groups is 2. The van der Waals surface area contributed by atoms with Gasteiger partial charge < -0.3 is 19.7 Å². The Balaban J connectivity index is 1.99. The second-order valence-corrected chi connectivity index (χ2v) is 10.2. The van der Waals surface area contributed by atoms with Crippen LogP contribution in [0.5, 0.6) is 0 Å². The third-order valence-electron chi connectivity index (χ3n) is 5.08. The van der Waals surface area contributed by atoms with Gasteiger partial charge in [-0.25, -0.2) is 9.88 Å². The van der Waals surface area contributed by atoms with E-state index < -0.39 is 31.7 Å². The van der Waals surface area contributed by atoms with Crippen molar-refractivity contribution in [2.75, 3.05) is 18.4 Å². The first-order valence-electron chi connectivity index (χ1n) is 10.7. The predicted molar refractivity (Wildman–Crippen MR) is 125 cm³/mol. The number of nitrogens with two attached hydrogens (primary N) is 1. The highest BCUT2D eigenvalue weighted by Gasteiger charge is 2.36. The highest BCUT2D eigenvalue weighted by molar-refractivity contribution is 7.56. The second kappa shape index (κ2) is 10.5. The molecule has 3 atom stereocenters. The lowest BCUT2D eigenvalue weighted by molar-refractivity contribution is -0.149. The van der Waals surface area contributed by atoms with Crippen molar-refractivity contribution >= 4 is 30.9 Å². The largest absolute Gasteiger partial charge is 0.462 e. The molecule has 1 heterocycles. The van der Waals surface area contributed by atoms with Crippen molar-refractivity contribution in [1.29, 1.82) is 0 Å². The van der Waals surface area contributed by atoms with Crippen LogP contribution in [0.3, 0.4) is 0 Å². The van der Waals surface area contributed by atoms with Crippen molar-refractivity contribution < 1.29 is 28.2 Å². The lowest BCUT2D eigenvalue weighted by atomic mass is 10.0. The number of fused-ring (bicyclic) bond motifs is 2. The van der Waals surface area contributed by atoms with Crippen molar-refractivity contribution in [2.24, 2.45) is 5.73 Å². The molecule has 0 fully saturated rings. The Kier molecular flexibility index (Phi) is 7.92. The lowest BCUT2D eigenvalue weighted by Gasteiger charge is -2.28. The molecule has 178 valence electrons. The summed E-state index contributed by atoms with van der Waals surface area (Å²) < 4.78 is 30.3. The fourth-order valence-electron chi connectivity index (χ4n) is 3.79. The Bertz CT molecular complexity index is 1060. The molecule has 2 aromatic carbocycles. The summed E-state index contributed by atoms with van der Waals surface area (Å²) in [5.41, 5.74) is 8.34. The zero-order chi connectivity index (χ0) is 24.2. The van der Waals surface area contributed by atoms with E-state index in [4.69, 9.17) is 19.7 Å². The van der Waals surface area contributed by atoms with Gasteiger partial charge in [0.1, 0.15) is 12.4 Å². The van der Waals surface area contributed by atoms with Crippen LogP contribution in [0.1, 0.15) is 38.0 Å². The smallest absolute Gasteiger partial charge is 0.323 e. The number of ether oxygens (including phenoxy) is 2. The molecule has 2 amide bonds. The average Bonchev–Trinajstić information content (AvgIpc) is 2.87. The molecule has 0 aromatic heterocycles. The van der Waals surface area contributed by atoms with Gasteiger partial charge in [-0.3, -0.25) is 14.3 Å². The number of hydrogen-bond acceptors (Lipinski definition) is 6. The van der Waals surface area contributed by atoms with Gasteiger partial charge in [0.2, 0.25) is 0 Å². The molecule has 0 aliphatic carbocycles. The number of methoxy groups -OCH3 is 1. The van der Waals surface area contributed by atoms with Crippen LogP contribution in [0.4, 0.5) is 16.2 Å². The molecule has 3 rings (SSSR count). The van der Waals surface area contributed by atoms with Gasteiger partial charge in [0, 0.05) is 19.1 Å². The number of rotatable bonds is 8. The molecule has 2 unspecified atom stereocenters. The topological polar surface area (TPSA) is 120 Å². The first-order valence-corrected chi connectivity index (χ1v) is 12.5. The molecule has 0 saturated heterocycles. The molecular weight excluding hydrogens is 445 g/mol. The maximum atomic E-state index is 13.8. The number of nitrogens with one attached hydrogen (secondary N) is 1. The van der Waals surface area contributed by atoms with Gasteiger partial charge in [-0.1, -0.05) is 36.4 Å². The standard InChI is InChI=1S/C23H30N3O6P/c1-15(2)31-22(27)16(3)25-33(29,14-30-4)32-21-13-17-9-5-7-11-19(17)26(23(24)28)20-12-8-6-10-18(20)21/h5-12,15-16,21H,13-14H2,1-4H3,(H2,24,28)(H,25,29)/t16-,21?,33?/m0/s1. The number of esters is 1. The number of benzene rings is 2. The van der Waals surface area contributed by atoms with E-state index in [0.29, 0.717) is 23.4 Å². The van der Waals surface area contributed by atoms with Crippen molar-refractivity contribution in [3.8, 4) is 0 Å². The molecule has 0 spiro atoms. The van der Waals surface area contributed by atoms with E-state index in [1.807, 2.05) is 24.3 Å². The van der Waals surface area contributed by atoms with E-state index in [9.17, 15) is 14.2 Å². The van der Waals surface area contributed by atoms with Gasteiger partial charge in [-0.2, -0.15) is 0 Å². The maximum absolute atomic E-state index is 13.8. The monoisotopic (exact) mass is 475 g/mol. The summed E-state index contributed by atoms with van der Waals surface area (Å²) in [5, 5.41) is 2.78. The lowest BCUT2D eigenvalue weighted by Crippen LogP contribution is -2.36.